The highest BCUT2D eigenvalue weighted by Gasteiger charge is 2.22. The van der Waals surface area contributed by atoms with E-state index in [1.807, 2.05) is 12.3 Å². The lowest BCUT2D eigenvalue weighted by Gasteiger charge is -2.10. The Morgan fingerprint density at radius 3 is 3.00 bits per heavy atom. The smallest absolute Gasteiger partial charge is 0.325 e. The second-order valence-electron chi connectivity index (χ2n) is 4.65. The summed E-state index contributed by atoms with van der Waals surface area (Å²) >= 11 is 0. The Morgan fingerprint density at radius 2 is 2.21 bits per heavy atom. The van der Waals surface area contributed by atoms with Gasteiger partial charge in [0.05, 0.1) is 6.61 Å². The number of ketones is 1. The highest BCUT2D eigenvalue weighted by atomic mass is 16.5. The summed E-state index contributed by atoms with van der Waals surface area (Å²) < 4.78 is 6.72. The third kappa shape index (κ3) is 2.01. The van der Waals surface area contributed by atoms with Crippen LogP contribution in [0, 0.1) is 0 Å². The molecule has 0 spiro atoms. The van der Waals surface area contributed by atoms with Gasteiger partial charge in [0.25, 0.3) is 0 Å². The number of carbonyl (C=O) groups is 2. The van der Waals surface area contributed by atoms with Crippen LogP contribution in [0.5, 0.6) is 0 Å². The van der Waals surface area contributed by atoms with Crippen molar-refractivity contribution in [2.45, 2.75) is 26.3 Å². The van der Waals surface area contributed by atoms with Crippen molar-refractivity contribution in [1.29, 1.82) is 0 Å². The third-order valence-electron chi connectivity index (χ3n) is 3.30. The van der Waals surface area contributed by atoms with Crippen LogP contribution in [-0.4, -0.2) is 27.9 Å². The van der Waals surface area contributed by atoms with Gasteiger partial charge in [0.2, 0.25) is 0 Å². The van der Waals surface area contributed by atoms with E-state index in [0.29, 0.717) is 19.4 Å². The van der Waals surface area contributed by atoms with Gasteiger partial charge in [-0.05, 0) is 24.1 Å². The van der Waals surface area contributed by atoms with Gasteiger partial charge in [-0.15, -0.1) is 0 Å². The van der Waals surface area contributed by atoms with E-state index in [2.05, 4.69) is 4.98 Å². The number of rotatable bonds is 3. The Labute approximate surface area is 110 Å². The van der Waals surface area contributed by atoms with Gasteiger partial charge >= 0.3 is 5.97 Å². The number of nitrogens with zero attached hydrogens (tertiary/aromatic N) is 2. The van der Waals surface area contributed by atoms with Crippen molar-refractivity contribution in [3.63, 3.8) is 0 Å². The molecule has 2 heterocycles. The van der Waals surface area contributed by atoms with Gasteiger partial charge in [0, 0.05) is 30.6 Å². The molecule has 0 amide bonds. The van der Waals surface area contributed by atoms with E-state index in [9.17, 15) is 9.59 Å². The highest BCUT2D eigenvalue weighted by molar-refractivity contribution is 5.97. The first-order valence-corrected chi connectivity index (χ1v) is 6.32. The molecule has 2 aromatic heterocycles. The number of pyridine rings is 1. The quantitative estimate of drug-likeness (QED) is 0.778. The summed E-state index contributed by atoms with van der Waals surface area (Å²) in [6, 6.07) is 1.87. The highest BCUT2D eigenvalue weighted by Crippen LogP contribution is 2.28. The molecule has 98 valence electrons. The molecule has 0 saturated carbocycles. The maximum Gasteiger partial charge on any atom is 0.325 e. The predicted octanol–water partition coefficient (Wildman–Crippen LogP) is 1.27. The Hall–Kier alpha value is -2.17. The largest absolute Gasteiger partial charge is 0.465 e. The standard InChI is InChI=1S/C14H14N2O3/c1-2-19-12(18)8-16-7-10-6-11(17)5-9-3-4-15-14(16)13(9)10/h3-4,7H,2,5-6,8H2,1H3. The van der Waals surface area contributed by atoms with Crippen molar-refractivity contribution in [2.75, 3.05) is 6.61 Å². The van der Waals surface area contributed by atoms with E-state index < -0.39 is 0 Å². The zero-order valence-electron chi connectivity index (χ0n) is 10.7. The van der Waals surface area contributed by atoms with Gasteiger partial charge in [0.1, 0.15) is 18.0 Å². The van der Waals surface area contributed by atoms with Crippen molar-refractivity contribution in [1.82, 2.24) is 9.55 Å². The second kappa shape index (κ2) is 4.50. The van der Waals surface area contributed by atoms with Gasteiger partial charge in [-0.1, -0.05) is 0 Å². The molecule has 1 aliphatic rings. The first-order valence-electron chi connectivity index (χ1n) is 6.32. The van der Waals surface area contributed by atoms with Crippen molar-refractivity contribution < 1.29 is 14.3 Å². The van der Waals surface area contributed by atoms with Crippen LogP contribution in [0.4, 0.5) is 0 Å². The van der Waals surface area contributed by atoms with Gasteiger partial charge in [-0.25, -0.2) is 4.98 Å². The lowest BCUT2D eigenvalue weighted by molar-refractivity contribution is -0.143. The Balaban J connectivity index is 2.06. The molecule has 0 atom stereocenters. The number of esters is 1. The van der Waals surface area contributed by atoms with Crippen molar-refractivity contribution in [3.8, 4) is 0 Å². The maximum absolute atomic E-state index is 11.7. The zero-order chi connectivity index (χ0) is 13.4. The van der Waals surface area contributed by atoms with E-state index in [1.54, 1.807) is 17.7 Å². The fourth-order valence-electron chi connectivity index (χ4n) is 2.61. The van der Waals surface area contributed by atoms with Gasteiger partial charge in [-0.2, -0.15) is 0 Å². The van der Waals surface area contributed by atoms with E-state index in [-0.39, 0.29) is 18.3 Å². The predicted molar refractivity (Wildman–Crippen MR) is 68.8 cm³/mol. The minimum Gasteiger partial charge on any atom is -0.465 e. The molecule has 5 nitrogen and oxygen atoms in total. The second-order valence-corrected chi connectivity index (χ2v) is 4.65. The molecule has 0 N–H and O–H groups in total. The van der Waals surface area contributed by atoms with Crippen LogP contribution in [0.25, 0.3) is 11.0 Å². The van der Waals surface area contributed by atoms with Crippen LogP contribution >= 0.6 is 0 Å². The molecule has 5 heteroatoms. The molecule has 0 aromatic carbocycles. The fraction of sp³-hybridized carbons (Fsp3) is 0.357. The molecule has 2 aromatic rings. The van der Waals surface area contributed by atoms with Crippen LogP contribution < -0.4 is 0 Å². The Bertz CT molecular complexity index is 673. The maximum atomic E-state index is 11.7. The lowest BCUT2D eigenvalue weighted by atomic mass is 9.94. The summed E-state index contributed by atoms with van der Waals surface area (Å²) in [5, 5.41) is 1.02. The molecule has 0 aliphatic heterocycles. The third-order valence-corrected chi connectivity index (χ3v) is 3.30. The van der Waals surface area contributed by atoms with Crippen LogP contribution in [0.15, 0.2) is 18.5 Å². The molecular formula is C14H14N2O3. The Morgan fingerprint density at radius 1 is 1.42 bits per heavy atom. The molecule has 0 unspecified atom stereocenters. The van der Waals surface area contributed by atoms with Gasteiger partial charge < -0.3 is 9.30 Å². The average molecular weight is 258 g/mol. The van der Waals surface area contributed by atoms with E-state index in [1.165, 1.54) is 0 Å². The summed E-state index contributed by atoms with van der Waals surface area (Å²) in [4.78, 5) is 27.6. The van der Waals surface area contributed by atoms with Crippen LogP contribution in [0.1, 0.15) is 18.1 Å². The SMILES string of the molecule is CCOC(=O)Cn1cc2c3c(ccnc31)CC(=O)C2. The first kappa shape index (κ1) is 11.9. The van der Waals surface area contributed by atoms with E-state index >= 15 is 0 Å². The first-order chi connectivity index (χ1) is 9.19. The molecule has 3 rings (SSSR count). The molecule has 0 bridgehead atoms. The average Bonchev–Trinajstić information content (AvgIpc) is 2.69. The number of Topliss-reactive ketones (excluding diaryl/α,β-unsaturated/α-hetero) is 1. The Kier molecular flexibility index (Phi) is 2.81. The van der Waals surface area contributed by atoms with Crippen LogP contribution in [0.2, 0.25) is 0 Å². The van der Waals surface area contributed by atoms with Crippen LogP contribution in [-0.2, 0) is 33.7 Å². The number of ether oxygens (including phenoxy) is 1. The summed E-state index contributed by atoms with van der Waals surface area (Å²) in [7, 11) is 0. The molecule has 0 saturated heterocycles. The number of hydrogen-bond donors (Lipinski definition) is 0. The summed E-state index contributed by atoms with van der Waals surface area (Å²) in [6.45, 7) is 2.28. The van der Waals surface area contributed by atoms with Crippen LogP contribution in [0.3, 0.4) is 0 Å². The minimum atomic E-state index is -0.288. The van der Waals surface area contributed by atoms with E-state index in [0.717, 1.165) is 22.2 Å². The summed E-state index contributed by atoms with van der Waals surface area (Å²) in [5.74, 6) is -0.0855. The number of hydrogen-bond acceptors (Lipinski definition) is 4. The van der Waals surface area contributed by atoms with Gasteiger partial charge in [-0.3, -0.25) is 9.59 Å². The topological polar surface area (TPSA) is 61.2 Å². The lowest BCUT2D eigenvalue weighted by Crippen LogP contribution is -2.13. The fourth-order valence-corrected chi connectivity index (χ4v) is 2.61. The summed E-state index contributed by atoms with van der Waals surface area (Å²) in [5.41, 5.74) is 2.71. The zero-order valence-corrected chi connectivity index (χ0v) is 10.7. The normalized spacial score (nSPS) is 13.8. The molecule has 0 radical (unpaired) electrons. The number of aromatic nitrogens is 2. The molecule has 0 fully saturated rings. The molecule has 19 heavy (non-hydrogen) atoms. The number of carbonyl (C=O) groups excluding carboxylic acids is 2. The van der Waals surface area contributed by atoms with Gasteiger partial charge in [0.15, 0.2) is 0 Å². The monoisotopic (exact) mass is 258 g/mol. The van der Waals surface area contributed by atoms with Crippen molar-refractivity contribution in [3.05, 3.63) is 29.6 Å². The molecule has 1 aliphatic carbocycles. The minimum absolute atomic E-state index is 0.134. The van der Waals surface area contributed by atoms with Crippen molar-refractivity contribution in [2.24, 2.45) is 0 Å². The van der Waals surface area contributed by atoms with Crippen molar-refractivity contribution >= 4 is 22.8 Å². The summed E-state index contributed by atoms with van der Waals surface area (Å²) in [6.07, 6.45) is 4.40. The van der Waals surface area contributed by atoms with E-state index in [4.69, 9.17) is 4.74 Å². The molecular weight excluding hydrogens is 244 g/mol.